The first-order chi connectivity index (χ1) is 15.0. The van der Waals surface area contributed by atoms with Crippen LogP contribution in [0.4, 0.5) is 5.69 Å². The smallest absolute Gasteiger partial charge is 0.332 e. The lowest BCUT2D eigenvalue weighted by Crippen LogP contribution is -2.42. The number of para-hydroxylation sites is 1. The van der Waals surface area contributed by atoms with Gasteiger partial charge in [-0.05, 0) is 43.2 Å². The SMILES string of the molecule is CCc1ccc(NC(=O)Cn2c(=O)n(Cc3nc(C)no3)c(=O)c3ccccc32)cc1. The van der Waals surface area contributed by atoms with Crippen LogP contribution < -0.4 is 16.6 Å². The summed E-state index contributed by atoms with van der Waals surface area (Å²) in [5, 5.41) is 6.80. The van der Waals surface area contributed by atoms with Gasteiger partial charge in [0, 0.05) is 5.69 Å². The molecule has 0 spiro atoms. The van der Waals surface area contributed by atoms with Crippen LogP contribution in [0.3, 0.4) is 0 Å². The maximum atomic E-state index is 13.1. The molecule has 4 rings (SSSR count). The lowest BCUT2D eigenvalue weighted by molar-refractivity contribution is -0.116. The van der Waals surface area contributed by atoms with Gasteiger partial charge in [0.2, 0.25) is 11.8 Å². The van der Waals surface area contributed by atoms with Crippen molar-refractivity contribution in [2.24, 2.45) is 0 Å². The molecular weight excluding hydrogens is 398 g/mol. The maximum Gasteiger partial charge on any atom is 0.332 e. The number of hydrogen-bond acceptors (Lipinski definition) is 6. The Balaban J connectivity index is 1.71. The van der Waals surface area contributed by atoms with Crippen LogP contribution in [0, 0.1) is 6.92 Å². The van der Waals surface area contributed by atoms with Gasteiger partial charge in [0.15, 0.2) is 5.82 Å². The zero-order valence-electron chi connectivity index (χ0n) is 17.2. The molecule has 1 amide bonds. The van der Waals surface area contributed by atoms with Crippen molar-refractivity contribution in [2.45, 2.75) is 33.4 Å². The molecule has 31 heavy (non-hydrogen) atoms. The summed E-state index contributed by atoms with van der Waals surface area (Å²) in [6.07, 6.45) is 0.900. The fourth-order valence-corrected chi connectivity index (χ4v) is 3.37. The average Bonchev–Trinajstić information content (AvgIpc) is 3.19. The molecule has 0 aliphatic carbocycles. The second kappa shape index (κ2) is 8.39. The Hall–Kier alpha value is -4.01. The van der Waals surface area contributed by atoms with Gasteiger partial charge in [-0.2, -0.15) is 4.98 Å². The van der Waals surface area contributed by atoms with Gasteiger partial charge in [-0.1, -0.05) is 36.3 Å². The number of fused-ring (bicyclic) bond motifs is 1. The van der Waals surface area contributed by atoms with Gasteiger partial charge < -0.3 is 9.84 Å². The highest BCUT2D eigenvalue weighted by Gasteiger charge is 2.17. The van der Waals surface area contributed by atoms with E-state index in [9.17, 15) is 14.4 Å². The predicted octanol–water partition coefficient (Wildman–Crippen LogP) is 2.10. The predicted molar refractivity (Wildman–Crippen MR) is 115 cm³/mol. The summed E-state index contributed by atoms with van der Waals surface area (Å²) in [7, 11) is 0. The number of benzene rings is 2. The van der Waals surface area contributed by atoms with Crippen LogP contribution in [0.25, 0.3) is 10.9 Å². The summed E-state index contributed by atoms with van der Waals surface area (Å²) >= 11 is 0. The molecule has 0 atom stereocenters. The molecule has 0 saturated carbocycles. The fourth-order valence-electron chi connectivity index (χ4n) is 3.37. The van der Waals surface area contributed by atoms with Gasteiger partial charge in [0.25, 0.3) is 5.56 Å². The third-order valence-corrected chi connectivity index (χ3v) is 4.94. The molecular formula is C22H21N5O4. The van der Waals surface area contributed by atoms with E-state index >= 15 is 0 Å². The van der Waals surface area contributed by atoms with E-state index < -0.39 is 11.2 Å². The zero-order valence-corrected chi connectivity index (χ0v) is 17.2. The van der Waals surface area contributed by atoms with E-state index in [2.05, 4.69) is 22.4 Å². The van der Waals surface area contributed by atoms with Gasteiger partial charge in [0.05, 0.1) is 10.9 Å². The second-order valence-corrected chi connectivity index (χ2v) is 7.11. The summed E-state index contributed by atoms with van der Waals surface area (Å²) in [6.45, 7) is 3.27. The van der Waals surface area contributed by atoms with E-state index in [1.54, 1.807) is 31.2 Å². The average molecular weight is 419 g/mol. The normalized spacial score (nSPS) is 11.0. The molecule has 1 N–H and O–H groups in total. The van der Waals surface area contributed by atoms with Crippen molar-refractivity contribution in [2.75, 3.05) is 5.32 Å². The summed E-state index contributed by atoms with van der Waals surface area (Å²) in [5.74, 6) is 0.159. The number of anilines is 1. The standard InChI is InChI=1S/C22H21N5O4/c1-3-15-8-10-16(11-9-15)24-19(28)12-26-18-7-5-4-6-17(18)21(29)27(22(26)30)13-20-23-14(2)25-31-20/h4-11H,3,12-13H2,1-2H3,(H,24,28). The van der Waals surface area contributed by atoms with Gasteiger partial charge in [0.1, 0.15) is 13.1 Å². The number of nitrogens with one attached hydrogen (secondary N) is 1. The topological polar surface area (TPSA) is 112 Å². The molecule has 9 nitrogen and oxygen atoms in total. The quantitative estimate of drug-likeness (QED) is 0.512. The number of carbonyl (C=O) groups excluding carboxylic acids is 1. The molecule has 2 aromatic carbocycles. The molecule has 0 fully saturated rings. The minimum Gasteiger partial charge on any atom is -0.337 e. The molecule has 0 unspecified atom stereocenters. The van der Waals surface area contributed by atoms with Crippen LogP contribution in [0.1, 0.15) is 24.2 Å². The van der Waals surface area contributed by atoms with Crippen molar-refractivity contribution < 1.29 is 9.32 Å². The third-order valence-electron chi connectivity index (χ3n) is 4.94. The molecule has 0 saturated heterocycles. The first-order valence-electron chi connectivity index (χ1n) is 9.86. The van der Waals surface area contributed by atoms with E-state index in [0.29, 0.717) is 22.4 Å². The molecule has 0 radical (unpaired) electrons. The molecule has 0 aliphatic heterocycles. The first kappa shape index (κ1) is 20.3. The van der Waals surface area contributed by atoms with Gasteiger partial charge in [-0.15, -0.1) is 0 Å². The molecule has 9 heteroatoms. The largest absolute Gasteiger partial charge is 0.337 e. The lowest BCUT2D eigenvalue weighted by atomic mass is 10.1. The molecule has 2 aromatic heterocycles. The van der Waals surface area contributed by atoms with Crippen LogP contribution in [0.2, 0.25) is 0 Å². The molecule has 2 heterocycles. The van der Waals surface area contributed by atoms with E-state index in [-0.39, 0.29) is 24.9 Å². The van der Waals surface area contributed by atoms with Crippen molar-refractivity contribution in [3.63, 3.8) is 0 Å². The van der Waals surface area contributed by atoms with Crippen LogP contribution in [-0.2, 0) is 24.3 Å². The van der Waals surface area contributed by atoms with Gasteiger partial charge in [-0.3, -0.25) is 18.7 Å². The third kappa shape index (κ3) is 4.16. The number of amides is 1. The van der Waals surface area contributed by atoms with Crippen LogP contribution in [0.5, 0.6) is 0 Å². The van der Waals surface area contributed by atoms with E-state index in [1.165, 1.54) is 4.57 Å². The van der Waals surface area contributed by atoms with E-state index in [1.807, 2.05) is 24.3 Å². The van der Waals surface area contributed by atoms with E-state index in [4.69, 9.17) is 4.52 Å². The lowest BCUT2D eigenvalue weighted by Gasteiger charge is -2.13. The van der Waals surface area contributed by atoms with Crippen molar-refractivity contribution in [1.82, 2.24) is 19.3 Å². The van der Waals surface area contributed by atoms with Crippen LogP contribution in [-0.4, -0.2) is 25.2 Å². The first-order valence-corrected chi connectivity index (χ1v) is 9.86. The highest BCUT2D eigenvalue weighted by molar-refractivity contribution is 5.91. The van der Waals surface area contributed by atoms with Crippen molar-refractivity contribution >= 4 is 22.5 Å². The number of nitrogens with zero attached hydrogens (tertiary/aromatic N) is 4. The number of aromatic nitrogens is 4. The Bertz CT molecular complexity index is 1370. The number of carbonyl (C=O) groups is 1. The number of aryl methyl sites for hydroxylation is 2. The Morgan fingerprint density at radius 2 is 1.81 bits per heavy atom. The summed E-state index contributed by atoms with van der Waals surface area (Å²) < 4.78 is 7.33. The maximum absolute atomic E-state index is 13.1. The molecule has 158 valence electrons. The van der Waals surface area contributed by atoms with Gasteiger partial charge in [-0.25, -0.2) is 4.79 Å². The van der Waals surface area contributed by atoms with Crippen LogP contribution >= 0.6 is 0 Å². The second-order valence-electron chi connectivity index (χ2n) is 7.11. The molecule has 0 bridgehead atoms. The Morgan fingerprint density at radius 3 is 2.48 bits per heavy atom. The number of hydrogen-bond donors (Lipinski definition) is 1. The zero-order chi connectivity index (χ0) is 22.0. The van der Waals surface area contributed by atoms with Crippen molar-refractivity contribution in [1.29, 1.82) is 0 Å². The highest BCUT2D eigenvalue weighted by Crippen LogP contribution is 2.12. The van der Waals surface area contributed by atoms with Gasteiger partial charge >= 0.3 is 5.69 Å². The summed E-state index contributed by atoms with van der Waals surface area (Å²) in [6, 6.07) is 14.2. The van der Waals surface area contributed by atoms with Crippen molar-refractivity contribution in [3.05, 3.63) is 86.6 Å². The van der Waals surface area contributed by atoms with E-state index in [0.717, 1.165) is 16.6 Å². The highest BCUT2D eigenvalue weighted by atomic mass is 16.5. The monoisotopic (exact) mass is 419 g/mol. The summed E-state index contributed by atoms with van der Waals surface area (Å²) in [4.78, 5) is 42.8. The minimum absolute atomic E-state index is 0.138. The Labute approximate surface area is 176 Å². The number of rotatable bonds is 6. The Morgan fingerprint density at radius 1 is 1.06 bits per heavy atom. The minimum atomic E-state index is -0.629. The van der Waals surface area contributed by atoms with Crippen molar-refractivity contribution in [3.8, 4) is 0 Å². The Kier molecular flexibility index (Phi) is 5.48. The fraction of sp³-hybridized carbons (Fsp3) is 0.227. The van der Waals surface area contributed by atoms with Crippen LogP contribution in [0.15, 0.2) is 62.6 Å². The summed E-state index contributed by atoms with van der Waals surface area (Å²) in [5.41, 5.74) is 1.06. The molecule has 0 aliphatic rings. The molecule has 4 aromatic rings.